The summed E-state index contributed by atoms with van der Waals surface area (Å²) in [4.78, 5) is 29.2. The first-order valence-corrected chi connectivity index (χ1v) is 11.5. The number of nitrogens with one attached hydrogen (secondary N) is 2. The third-order valence-electron chi connectivity index (χ3n) is 6.87. The van der Waals surface area contributed by atoms with Crippen molar-refractivity contribution in [3.05, 3.63) is 84.3 Å². The number of anilines is 2. The summed E-state index contributed by atoms with van der Waals surface area (Å²) in [5.74, 6) is -0.733. The number of aromatic amines is 1. The first-order chi connectivity index (χ1) is 17.4. The minimum atomic E-state index is -0.517. The molecule has 36 heavy (non-hydrogen) atoms. The molecule has 0 aliphatic heterocycles. The summed E-state index contributed by atoms with van der Waals surface area (Å²) in [6.45, 7) is 1.89. The lowest BCUT2D eigenvalue weighted by Crippen LogP contribution is -2.16. The van der Waals surface area contributed by atoms with Crippen LogP contribution >= 0.6 is 0 Å². The van der Waals surface area contributed by atoms with Gasteiger partial charge in [0, 0.05) is 66.4 Å². The number of fused-ring (bicyclic) bond motifs is 1. The quantitative estimate of drug-likeness (QED) is 0.326. The fourth-order valence-corrected chi connectivity index (χ4v) is 5.00. The van der Waals surface area contributed by atoms with Gasteiger partial charge in [-0.2, -0.15) is 5.10 Å². The second-order valence-electron chi connectivity index (χ2n) is 9.14. The number of aryl methyl sites for hydroxylation is 2. The number of imidazole rings is 1. The minimum Gasteiger partial charge on any atom is -0.396 e. The van der Waals surface area contributed by atoms with Gasteiger partial charge in [-0.05, 0) is 41.6 Å². The molecule has 5 aromatic rings. The molecule has 4 N–H and O–H groups in total. The Morgan fingerprint density at radius 2 is 2.03 bits per heavy atom. The SMILES string of the molecule is Cc1ccncc1-c1cc2cc(NC(=O)[C@H]3C(c4c[nH]cn4)[C@@H]3c3cnn(C)c3)ncc2c(N)c1F. The molecule has 4 aromatic heterocycles. The Kier molecular flexibility index (Phi) is 5.03. The van der Waals surface area contributed by atoms with Gasteiger partial charge in [-0.15, -0.1) is 0 Å². The molecular weight excluding hydrogens is 459 g/mol. The van der Waals surface area contributed by atoms with E-state index in [1.807, 2.05) is 32.4 Å². The molecule has 1 aliphatic rings. The number of amides is 1. The normalized spacial score (nSPS) is 18.9. The Balaban J connectivity index is 1.33. The highest BCUT2D eigenvalue weighted by Gasteiger charge is 2.57. The third kappa shape index (κ3) is 3.58. The zero-order valence-electron chi connectivity index (χ0n) is 19.6. The number of aromatic nitrogens is 6. The van der Waals surface area contributed by atoms with Crippen molar-refractivity contribution in [3.8, 4) is 11.1 Å². The molecule has 0 saturated heterocycles. The molecule has 10 heteroatoms. The van der Waals surface area contributed by atoms with Gasteiger partial charge in [0.05, 0.1) is 29.8 Å². The summed E-state index contributed by atoms with van der Waals surface area (Å²) in [5.41, 5.74) is 9.84. The topological polar surface area (TPSA) is 127 Å². The van der Waals surface area contributed by atoms with Crippen LogP contribution in [0.1, 0.15) is 28.7 Å². The summed E-state index contributed by atoms with van der Waals surface area (Å²) in [5, 5.41) is 8.34. The number of hydrogen-bond acceptors (Lipinski definition) is 6. The van der Waals surface area contributed by atoms with Crippen LogP contribution in [-0.4, -0.2) is 35.6 Å². The lowest BCUT2D eigenvalue weighted by Gasteiger charge is -2.12. The molecular formula is C26H23FN8O. The highest BCUT2D eigenvalue weighted by atomic mass is 19.1. The number of halogens is 1. The second-order valence-corrected chi connectivity index (χ2v) is 9.14. The van der Waals surface area contributed by atoms with Crippen molar-refractivity contribution < 1.29 is 9.18 Å². The number of carbonyl (C=O) groups is 1. The average molecular weight is 483 g/mol. The summed E-state index contributed by atoms with van der Waals surface area (Å²) in [7, 11) is 1.85. The van der Waals surface area contributed by atoms with Crippen LogP contribution in [0.25, 0.3) is 21.9 Å². The first kappa shape index (κ1) is 21.9. The third-order valence-corrected chi connectivity index (χ3v) is 6.87. The van der Waals surface area contributed by atoms with Gasteiger partial charge in [-0.25, -0.2) is 14.4 Å². The molecule has 4 heterocycles. The molecule has 0 bridgehead atoms. The van der Waals surface area contributed by atoms with Gasteiger partial charge < -0.3 is 16.0 Å². The zero-order chi connectivity index (χ0) is 25.0. The largest absolute Gasteiger partial charge is 0.396 e. The molecule has 180 valence electrons. The molecule has 1 aliphatic carbocycles. The smallest absolute Gasteiger partial charge is 0.229 e. The van der Waals surface area contributed by atoms with Crippen LogP contribution in [0.2, 0.25) is 0 Å². The number of benzene rings is 1. The highest BCUT2D eigenvalue weighted by molar-refractivity contribution is 6.01. The van der Waals surface area contributed by atoms with E-state index in [1.165, 1.54) is 6.20 Å². The Hall–Kier alpha value is -4.60. The summed E-state index contributed by atoms with van der Waals surface area (Å²) in [6, 6.07) is 5.24. The lowest BCUT2D eigenvalue weighted by atomic mass is 9.98. The molecule has 0 spiro atoms. The van der Waals surface area contributed by atoms with E-state index in [2.05, 4.69) is 30.4 Å². The molecule has 1 fully saturated rings. The predicted octanol–water partition coefficient (Wildman–Crippen LogP) is 3.92. The van der Waals surface area contributed by atoms with Gasteiger partial charge in [0.25, 0.3) is 0 Å². The highest BCUT2D eigenvalue weighted by Crippen LogP contribution is 2.60. The predicted molar refractivity (Wildman–Crippen MR) is 133 cm³/mol. The number of pyridine rings is 2. The molecule has 1 amide bonds. The average Bonchev–Trinajstić information content (AvgIpc) is 3.17. The van der Waals surface area contributed by atoms with Gasteiger partial charge in [0.15, 0.2) is 5.82 Å². The van der Waals surface area contributed by atoms with Gasteiger partial charge in [-0.1, -0.05) is 0 Å². The maximum atomic E-state index is 15.1. The van der Waals surface area contributed by atoms with E-state index in [9.17, 15) is 4.79 Å². The van der Waals surface area contributed by atoms with Crippen LogP contribution in [0.4, 0.5) is 15.9 Å². The van der Waals surface area contributed by atoms with E-state index in [-0.39, 0.29) is 29.3 Å². The van der Waals surface area contributed by atoms with E-state index < -0.39 is 5.82 Å². The number of nitrogens with two attached hydrogens (primary N) is 1. The summed E-state index contributed by atoms with van der Waals surface area (Å²) in [6.07, 6.45) is 11.9. The molecule has 1 aromatic carbocycles. The number of carbonyl (C=O) groups excluding carboxylic acids is 1. The van der Waals surface area contributed by atoms with Crippen LogP contribution in [0.5, 0.6) is 0 Å². The minimum absolute atomic E-state index is 0.00793. The Labute approximate surface area is 205 Å². The molecule has 9 nitrogen and oxygen atoms in total. The number of hydrogen-bond donors (Lipinski definition) is 3. The van der Waals surface area contributed by atoms with Crippen molar-refractivity contribution in [2.75, 3.05) is 11.1 Å². The number of rotatable bonds is 5. The Morgan fingerprint density at radius 1 is 1.17 bits per heavy atom. The second kappa shape index (κ2) is 8.26. The van der Waals surface area contributed by atoms with Crippen molar-refractivity contribution >= 4 is 28.2 Å². The Morgan fingerprint density at radius 3 is 2.75 bits per heavy atom. The number of H-pyrrole nitrogens is 1. The van der Waals surface area contributed by atoms with Crippen LogP contribution in [0, 0.1) is 18.7 Å². The molecule has 6 rings (SSSR count). The van der Waals surface area contributed by atoms with E-state index in [4.69, 9.17) is 5.73 Å². The fourth-order valence-electron chi connectivity index (χ4n) is 5.00. The lowest BCUT2D eigenvalue weighted by molar-refractivity contribution is -0.117. The van der Waals surface area contributed by atoms with Crippen molar-refractivity contribution in [1.82, 2.24) is 29.7 Å². The summed E-state index contributed by atoms with van der Waals surface area (Å²) < 4.78 is 16.9. The standard InChI is InChI=1S/C26H23FN8O/c1-13-3-4-29-8-17(13)16-5-14-6-20(31-9-18(14)25(28)24(16)27)34-26(36)23-21(15-7-33-35(2)11-15)22(23)19-10-30-12-32-19/h3-12,21-23H,28H2,1-2H3,(H,30,32)(H,31,34,36)/t21-,22?,23+/m0/s1. The number of nitrogens with zero attached hydrogens (tertiary/aromatic N) is 5. The molecule has 3 atom stereocenters. The first-order valence-electron chi connectivity index (χ1n) is 11.5. The van der Waals surface area contributed by atoms with E-state index in [0.717, 1.165) is 16.8 Å². The van der Waals surface area contributed by atoms with Crippen molar-refractivity contribution in [3.63, 3.8) is 0 Å². The van der Waals surface area contributed by atoms with E-state index >= 15 is 4.39 Å². The number of nitrogen functional groups attached to an aromatic ring is 1. The van der Waals surface area contributed by atoms with Gasteiger partial charge >= 0.3 is 0 Å². The van der Waals surface area contributed by atoms with Crippen LogP contribution in [0.15, 0.2) is 61.7 Å². The van der Waals surface area contributed by atoms with Gasteiger partial charge in [0.1, 0.15) is 5.82 Å². The maximum absolute atomic E-state index is 15.1. The van der Waals surface area contributed by atoms with Crippen molar-refractivity contribution in [2.24, 2.45) is 13.0 Å². The van der Waals surface area contributed by atoms with Gasteiger partial charge in [-0.3, -0.25) is 14.5 Å². The monoisotopic (exact) mass is 482 g/mol. The molecule has 0 radical (unpaired) electrons. The van der Waals surface area contributed by atoms with Crippen molar-refractivity contribution in [2.45, 2.75) is 18.8 Å². The van der Waals surface area contributed by atoms with Crippen LogP contribution in [-0.2, 0) is 11.8 Å². The zero-order valence-corrected chi connectivity index (χ0v) is 19.6. The molecule has 1 saturated carbocycles. The van der Waals surface area contributed by atoms with Crippen molar-refractivity contribution in [1.29, 1.82) is 0 Å². The summed E-state index contributed by atoms with van der Waals surface area (Å²) >= 11 is 0. The van der Waals surface area contributed by atoms with Crippen LogP contribution in [0.3, 0.4) is 0 Å². The fraction of sp³-hybridized carbons (Fsp3) is 0.192. The van der Waals surface area contributed by atoms with E-state index in [1.54, 1.807) is 41.7 Å². The maximum Gasteiger partial charge on any atom is 0.229 e. The van der Waals surface area contributed by atoms with Crippen LogP contribution < -0.4 is 11.1 Å². The Bertz CT molecular complexity index is 1610. The molecule has 1 unspecified atom stereocenters. The van der Waals surface area contributed by atoms with Gasteiger partial charge in [0.2, 0.25) is 5.91 Å². The van der Waals surface area contributed by atoms with E-state index in [0.29, 0.717) is 27.7 Å².